The number of aryl methyl sites for hydroxylation is 1. The van der Waals surface area contributed by atoms with Crippen LogP contribution in [0, 0.1) is 0 Å². The lowest BCUT2D eigenvalue weighted by Crippen LogP contribution is -2.24. The van der Waals surface area contributed by atoms with Gasteiger partial charge >= 0.3 is 0 Å². The summed E-state index contributed by atoms with van der Waals surface area (Å²) in [7, 11) is 0. The predicted octanol–water partition coefficient (Wildman–Crippen LogP) is 2.50. The zero-order valence-electron chi connectivity index (χ0n) is 12.0. The van der Waals surface area contributed by atoms with Crippen LogP contribution in [0.25, 0.3) is 21.9 Å². The largest absolute Gasteiger partial charge is 0.356 e. The summed E-state index contributed by atoms with van der Waals surface area (Å²) in [6, 6.07) is 7.99. The lowest BCUT2D eigenvalue weighted by molar-refractivity contribution is -0.121. The first-order valence-electron chi connectivity index (χ1n) is 7.25. The van der Waals surface area contributed by atoms with E-state index < -0.39 is 0 Å². The number of fused-ring (bicyclic) bond motifs is 3. The Hall–Kier alpha value is -2.43. The number of carbonyl (C=O) groups is 1. The predicted molar refractivity (Wildman–Crippen MR) is 83.0 cm³/mol. The lowest BCUT2D eigenvalue weighted by atomic mass is 10.2. The summed E-state index contributed by atoms with van der Waals surface area (Å²) in [4.78, 5) is 20.5. The molecule has 5 nitrogen and oxygen atoms in total. The first-order valence-corrected chi connectivity index (χ1v) is 7.25. The second-order valence-corrected chi connectivity index (χ2v) is 5.05. The van der Waals surface area contributed by atoms with Gasteiger partial charge in [-0.3, -0.25) is 9.78 Å². The lowest BCUT2D eigenvalue weighted by Gasteiger charge is -2.07. The summed E-state index contributed by atoms with van der Waals surface area (Å²) >= 11 is 0. The van der Waals surface area contributed by atoms with Crippen molar-refractivity contribution in [2.75, 3.05) is 6.54 Å². The number of carbonyl (C=O) groups excluding carboxylic acids is 1. The number of nitrogens with one attached hydrogen (secondary N) is 1. The summed E-state index contributed by atoms with van der Waals surface area (Å²) in [5, 5.41) is 3.97. The Balaban J connectivity index is 1.89. The number of nitrogens with zero attached hydrogens (tertiary/aromatic N) is 3. The molecule has 0 fully saturated rings. The molecule has 2 aromatic heterocycles. The van der Waals surface area contributed by atoms with E-state index in [2.05, 4.69) is 15.3 Å². The van der Waals surface area contributed by atoms with Gasteiger partial charge in [-0.1, -0.05) is 25.1 Å². The van der Waals surface area contributed by atoms with Crippen molar-refractivity contribution in [3.8, 4) is 0 Å². The van der Waals surface area contributed by atoms with E-state index in [0.717, 1.165) is 34.9 Å². The minimum absolute atomic E-state index is 0.0806. The van der Waals surface area contributed by atoms with Crippen molar-refractivity contribution in [1.82, 2.24) is 19.9 Å². The number of imidazole rings is 1. The fourth-order valence-electron chi connectivity index (χ4n) is 2.45. The molecule has 0 bridgehead atoms. The summed E-state index contributed by atoms with van der Waals surface area (Å²) < 4.78 is 2.03. The average Bonchev–Trinajstić information content (AvgIpc) is 2.94. The summed E-state index contributed by atoms with van der Waals surface area (Å²) in [6.07, 6.45) is 4.98. The molecule has 21 heavy (non-hydrogen) atoms. The van der Waals surface area contributed by atoms with E-state index in [9.17, 15) is 4.79 Å². The van der Waals surface area contributed by atoms with Gasteiger partial charge in [-0.15, -0.1) is 0 Å². The average molecular weight is 282 g/mol. The van der Waals surface area contributed by atoms with Crippen molar-refractivity contribution in [1.29, 1.82) is 0 Å². The minimum atomic E-state index is 0.0806. The zero-order chi connectivity index (χ0) is 14.7. The second-order valence-electron chi connectivity index (χ2n) is 5.05. The van der Waals surface area contributed by atoms with Crippen LogP contribution in [0.2, 0.25) is 0 Å². The first kappa shape index (κ1) is 13.5. The van der Waals surface area contributed by atoms with Gasteiger partial charge in [0.2, 0.25) is 5.91 Å². The number of benzene rings is 1. The molecule has 3 rings (SSSR count). The van der Waals surface area contributed by atoms with Crippen LogP contribution in [0.5, 0.6) is 0 Å². The maximum atomic E-state index is 11.7. The van der Waals surface area contributed by atoms with E-state index in [-0.39, 0.29) is 5.91 Å². The molecular formula is C16H18N4O. The van der Waals surface area contributed by atoms with Crippen molar-refractivity contribution in [2.45, 2.75) is 26.3 Å². The zero-order valence-corrected chi connectivity index (χ0v) is 12.0. The fraction of sp³-hybridized carbons (Fsp3) is 0.312. The Bertz CT molecular complexity index is 778. The Kier molecular flexibility index (Phi) is 3.81. The SMILES string of the molecule is CCCNC(=O)CCn1cnc2cnc3ccccc3c21. The molecule has 5 heteroatoms. The molecule has 0 spiro atoms. The van der Waals surface area contributed by atoms with Crippen LogP contribution in [-0.4, -0.2) is 27.0 Å². The van der Waals surface area contributed by atoms with Gasteiger partial charge in [0, 0.05) is 24.9 Å². The number of para-hydroxylation sites is 1. The molecule has 1 amide bonds. The summed E-state index contributed by atoms with van der Waals surface area (Å²) in [6.45, 7) is 3.40. The molecular weight excluding hydrogens is 264 g/mol. The van der Waals surface area contributed by atoms with Gasteiger partial charge in [-0.2, -0.15) is 0 Å². The summed E-state index contributed by atoms with van der Waals surface area (Å²) in [5.41, 5.74) is 2.86. The molecule has 0 saturated carbocycles. The number of amides is 1. The van der Waals surface area contributed by atoms with Crippen LogP contribution in [0.4, 0.5) is 0 Å². The van der Waals surface area contributed by atoms with Crippen LogP contribution in [0.3, 0.4) is 0 Å². The molecule has 1 aromatic carbocycles. The standard InChI is InChI=1S/C16H18N4O/c1-2-8-17-15(21)7-9-20-11-19-14-10-18-13-6-4-3-5-12(13)16(14)20/h3-6,10-11H,2,7-9H2,1H3,(H,17,21). The number of hydrogen-bond donors (Lipinski definition) is 1. The van der Waals surface area contributed by atoms with E-state index in [4.69, 9.17) is 0 Å². The number of pyridine rings is 1. The van der Waals surface area contributed by atoms with E-state index >= 15 is 0 Å². The highest BCUT2D eigenvalue weighted by atomic mass is 16.1. The minimum Gasteiger partial charge on any atom is -0.356 e. The molecule has 0 aliphatic heterocycles. The van der Waals surface area contributed by atoms with Gasteiger partial charge in [-0.25, -0.2) is 4.98 Å². The molecule has 1 N–H and O–H groups in total. The van der Waals surface area contributed by atoms with E-state index in [1.54, 1.807) is 12.5 Å². The Morgan fingerprint density at radius 3 is 2.95 bits per heavy atom. The smallest absolute Gasteiger partial charge is 0.221 e. The molecule has 2 heterocycles. The highest BCUT2D eigenvalue weighted by Gasteiger charge is 2.09. The molecule has 0 aliphatic rings. The quantitative estimate of drug-likeness (QED) is 0.782. The van der Waals surface area contributed by atoms with Crippen LogP contribution in [0.1, 0.15) is 19.8 Å². The third-order valence-electron chi connectivity index (χ3n) is 3.50. The molecule has 3 aromatic rings. The topological polar surface area (TPSA) is 59.8 Å². The molecule has 0 aliphatic carbocycles. The van der Waals surface area contributed by atoms with Gasteiger partial charge in [0.25, 0.3) is 0 Å². The van der Waals surface area contributed by atoms with E-state index in [1.807, 2.05) is 35.8 Å². The molecule has 108 valence electrons. The monoisotopic (exact) mass is 282 g/mol. The second kappa shape index (κ2) is 5.91. The molecule has 0 unspecified atom stereocenters. The fourth-order valence-corrected chi connectivity index (χ4v) is 2.45. The third kappa shape index (κ3) is 2.72. The van der Waals surface area contributed by atoms with Gasteiger partial charge in [0.05, 0.1) is 23.6 Å². The van der Waals surface area contributed by atoms with Gasteiger partial charge in [0.1, 0.15) is 5.52 Å². The van der Waals surface area contributed by atoms with Crippen LogP contribution >= 0.6 is 0 Å². The van der Waals surface area contributed by atoms with Gasteiger partial charge in [0.15, 0.2) is 0 Å². The highest BCUT2D eigenvalue weighted by Crippen LogP contribution is 2.22. The number of hydrogen-bond acceptors (Lipinski definition) is 3. The van der Waals surface area contributed by atoms with Crippen LogP contribution in [-0.2, 0) is 11.3 Å². The first-order chi connectivity index (χ1) is 10.3. The van der Waals surface area contributed by atoms with Gasteiger partial charge < -0.3 is 9.88 Å². The van der Waals surface area contributed by atoms with E-state index in [0.29, 0.717) is 13.0 Å². The molecule has 0 saturated heterocycles. The maximum absolute atomic E-state index is 11.7. The van der Waals surface area contributed by atoms with Crippen LogP contribution < -0.4 is 5.32 Å². The van der Waals surface area contributed by atoms with Crippen molar-refractivity contribution >= 4 is 27.8 Å². The highest BCUT2D eigenvalue weighted by molar-refractivity contribution is 6.01. The van der Waals surface area contributed by atoms with Crippen LogP contribution in [0.15, 0.2) is 36.8 Å². The summed E-state index contributed by atoms with van der Waals surface area (Å²) in [5.74, 6) is 0.0806. The molecule has 0 atom stereocenters. The van der Waals surface area contributed by atoms with Crippen molar-refractivity contribution in [2.24, 2.45) is 0 Å². The van der Waals surface area contributed by atoms with Gasteiger partial charge in [-0.05, 0) is 12.5 Å². The van der Waals surface area contributed by atoms with Crippen molar-refractivity contribution in [3.05, 3.63) is 36.8 Å². The Morgan fingerprint density at radius 2 is 2.10 bits per heavy atom. The Labute approximate surface area is 123 Å². The van der Waals surface area contributed by atoms with E-state index in [1.165, 1.54) is 0 Å². The maximum Gasteiger partial charge on any atom is 0.221 e. The molecule has 0 radical (unpaired) electrons. The van der Waals surface area contributed by atoms with Crippen molar-refractivity contribution < 1.29 is 4.79 Å². The third-order valence-corrected chi connectivity index (χ3v) is 3.50. The number of rotatable bonds is 5. The van der Waals surface area contributed by atoms with Crippen molar-refractivity contribution in [3.63, 3.8) is 0 Å². The Morgan fingerprint density at radius 1 is 1.24 bits per heavy atom. The number of aromatic nitrogens is 3. The normalized spacial score (nSPS) is 11.1.